The number of nitrogens with zero attached hydrogens (tertiary/aromatic N) is 2. The Balaban J connectivity index is 1.68. The first-order valence-electron chi connectivity index (χ1n) is 7.86. The fourth-order valence-electron chi connectivity index (χ4n) is 2.45. The molecule has 0 unspecified atom stereocenters. The highest BCUT2D eigenvalue weighted by Crippen LogP contribution is 2.11. The molecule has 2 N–H and O–H groups in total. The van der Waals surface area contributed by atoms with Gasteiger partial charge >= 0.3 is 0 Å². The fourth-order valence-corrected chi connectivity index (χ4v) is 2.45. The molecule has 1 aromatic heterocycles. The van der Waals surface area contributed by atoms with E-state index in [9.17, 15) is 9.59 Å². The topological polar surface area (TPSA) is 76.0 Å². The summed E-state index contributed by atoms with van der Waals surface area (Å²) >= 11 is 0. The Bertz CT molecular complexity index is 870. The normalized spacial score (nSPS) is 10.3. The molecule has 25 heavy (non-hydrogen) atoms. The lowest BCUT2D eigenvalue weighted by molar-refractivity contribution is 0.0940. The number of nitrogens with one attached hydrogen (secondary N) is 2. The number of imidazole rings is 1. The first kappa shape index (κ1) is 16.4. The van der Waals surface area contributed by atoms with Crippen molar-refractivity contribution in [3.05, 3.63) is 83.9 Å². The van der Waals surface area contributed by atoms with Gasteiger partial charge in [-0.3, -0.25) is 14.2 Å². The van der Waals surface area contributed by atoms with Gasteiger partial charge in [0.2, 0.25) is 0 Å². The van der Waals surface area contributed by atoms with Crippen molar-refractivity contribution in [3.63, 3.8) is 0 Å². The van der Waals surface area contributed by atoms with Crippen LogP contribution in [-0.4, -0.2) is 28.4 Å². The molecule has 3 rings (SSSR count). The van der Waals surface area contributed by atoms with Crippen LogP contribution >= 0.6 is 0 Å². The molecule has 6 nitrogen and oxygen atoms in total. The van der Waals surface area contributed by atoms with Gasteiger partial charge in [-0.2, -0.15) is 0 Å². The summed E-state index contributed by atoms with van der Waals surface area (Å²) in [5.41, 5.74) is 2.83. The molecule has 126 valence electrons. The van der Waals surface area contributed by atoms with Gasteiger partial charge < -0.3 is 10.6 Å². The van der Waals surface area contributed by atoms with E-state index < -0.39 is 0 Å². The minimum Gasteiger partial charge on any atom is -0.355 e. The van der Waals surface area contributed by atoms with E-state index in [-0.39, 0.29) is 11.8 Å². The quantitative estimate of drug-likeness (QED) is 0.751. The first-order chi connectivity index (χ1) is 12.2. The maximum absolute atomic E-state index is 12.5. The van der Waals surface area contributed by atoms with Gasteiger partial charge in [-0.15, -0.1) is 0 Å². The Labute approximate surface area is 145 Å². The van der Waals surface area contributed by atoms with E-state index in [2.05, 4.69) is 15.6 Å². The SMILES string of the molecule is CNC(=O)c1ccc(CNC(=O)c2cncn2-c2ccccc2)cc1. The lowest BCUT2D eigenvalue weighted by Crippen LogP contribution is -2.25. The third kappa shape index (κ3) is 3.74. The van der Waals surface area contributed by atoms with E-state index >= 15 is 0 Å². The maximum Gasteiger partial charge on any atom is 0.270 e. The van der Waals surface area contributed by atoms with Crippen LogP contribution in [0, 0.1) is 0 Å². The van der Waals surface area contributed by atoms with Crippen molar-refractivity contribution >= 4 is 11.8 Å². The van der Waals surface area contributed by atoms with Crippen LogP contribution in [0.15, 0.2) is 67.1 Å². The fraction of sp³-hybridized carbons (Fsp3) is 0.105. The second-order valence-corrected chi connectivity index (χ2v) is 5.44. The molecule has 0 aliphatic rings. The van der Waals surface area contributed by atoms with Crippen LogP contribution in [-0.2, 0) is 6.54 Å². The van der Waals surface area contributed by atoms with Gasteiger partial charge in [-0.05, 0) is 29.8 Å². The van der Waals surface area contributed by atoms with Crippen molar-refractivity contribution in [2.75, 3.05) is 7.05 Å². The average molecular weight is 334 g/mol. The molecule has 3 aromatic rings. The Morgan fingerprint density at radius 3 is 2.40 bits per heavy atom. The molecule has 0 spiro atoms. The predicted molar refractivity (Wildman–Crippen MR) is 94.6 cm³/mol. The van der Waals surface area contributed by atoms with Crippen LogP contribution in [0.2, 0.25) is 0 Å². The third-order valence-electron chi connectivity index (χ3n) is 3.80. The molecule has 0 fully saturated rings. The largest absolute Gasteiger partial charge is 0.355 e. The maximum atomic E-state index is 12.5. The van der Waals surface area contributed by atoms with Crippen molar-refractivity contribution in [1.82, 2.24) is 20.2 Å². The highest BCUT2D eigenvalue weighted by Gasteiger charge is 2.12. The van der Waals surface area contributed by atoms with E-state index in [1.807, 2.05) is 42.5 Å². The van der Waals surface area contributed by atoms with Gasteiger partial charge in [0.1, 0.15) is 5.69 Å². The first-order valence-corrected chi connectivity index (χ1v) is 7.86. The molecule has 0 radical (unpaired) electrons. The minimum atomic E-state index is -0.211. The summed E-state index contributed by atoms with van der Waals surface area (Å²) < 4.78 is 1.74. The summed E-state index contributed by atoms with van der Waals surface area (Å²) in [7, 11) is 1.59. The summed E-state index contributed by atoms with van der Waals surface area (Å²) in [6, 6.07) is 16.7. The van der Waals surface area contributed by atoms with E-state index in [1.54, 1.807) is 30.1 Å². The molecule has 2 aromatic carbocycles. The number of carbonyl (C=O) groups excluding carboxylic acids is 2. The summed E-state index contributed by atoms with van der Waals surface area (Å²) in [6.45, 7) is 0.368. The molecule has 0 aliphatic carbocycles. The van der Waals surface area contributed by atoms with Crippen LogP contribution < -0.4 is 10.6 Å². The number of benzene rings is 2. The zero-order valence-corrected chi connectivity index (χ0v) is 13.8. The van der Waals surface area contributed by atoms with Crippen molar-refractivity contribution in [3.8, 4) is 5.69 Å². The average Bonchev–Trinajstić information content (AvgIpc) is 3.16. The van der Waals surface area contributed by atoms with Crippen molar-refractivity contribution < 1.29 is 9.59 Å². The summed E-state index contributed by atoms with van der Waals surface area (Å²) in [5.74, 6) is -0.348. The highest BCUT2D eigenvalue weighted by atomic mass is 16.2. The molecular formula is C19H18N4O2. The number of hydrogen-bond donors (Lipinski definition) is 2. The Hall–Kier alpha value is -3.41. The Morgan fingerprint density at radius 2 is 1.72 bits per heavy atom. The molecule has 1 heterocycles. The molecule has 0 bridgehead atoms. The van der Waals surface area contributed by atoms with Gasteiger partial charge in [0.15, 0.2) is 0 Å². The molecular weight excluding hydrogens is 316 g/mol. The lowest BCUT2D eigenvalue weighted by Gasteiger charge is -2.09. The van der Waals surface area contributed by atoms with Crippen molar-refractivity contribution in [2.45, 2.75) is 6.54 Å². The number of carbonyl (C=O) groups is 2. The number of rotatable bonds is 5. The molecule has 0 aliphatic heterocycles. The monoisotopic (exact) mass is 334 g/mol. The number of aromatic nitrogens is 2. The van der Waals surface area contributed by atoms with E-state index in [0.717, 1.165) is 11.3 Å². The van der Waals surface area contributed by atoms with E-state index in [0.29, 0.717) is 17.8 Å². The second kappa shape index (κ2) is 7.44. The van der Waals surface area contributed by atoms with E-state index in [4.69, 9.17) is 0 Å². The van der Waals surface area contributed by atoms with Crippen LogP contribution in [0.4, 0.5) is 0 Å². The summed E-state index contributed by atoms with van der Waals surface area (Å²) in [4.78, 5) is 28.1. The van der Waals surface area contributed by atoms with Gasteiger partial charge in [0.25, 0.3) is 11.8 Å². The molecule has 2 amide bonds. The summed E-state index contributed by atoms with van der Waals surface area (Å²) in [6.07, 6.45) is 3.15. The smallest absolute Gasteiger partial charge is 0.270 e. The number of hydrogen-bond acceptors (Lipinski definition) is 3. The molecule has 0 saturated heterocycles. The zero-order valence-electron chi connectivity index (χ0n) is 13.8. The Kier molecular flexibility index (Phi) is 4.89. The highest BCUT2D eigenvalue weighted by molar-refractivity contribution is 5.94. The Morgan fingerprint density at radius 1 is 1.00 bits per heavy atom. The number of amides is 2. The molecule has 0 atom stereocenters. The van der Waals surface area contributed by atoms with Crippen molar-refractivity contribution in [2.24, 2.45) is 0 Å². The van der Waals surface area contributed by atoms with Crippen molar-refractivity contribution in [1.29, 1.82) is 0 Å². The third-order valence-corrected chi connectivity index (χ3v) is 3.80. The second-order valence-electron chi connectivity index (χ2n) is 5.44. The molecule has 6 heteroatoms. The standard InChI is InChI=1S/C19H18N4O2/c1-20-18(24)15-9-7-14(8-10-15)11-22-19(25)17-12-21-13-23(17)16-5-3-2-4-6-16/h2-10,12-13H,11H2,1H3,(H,20,24)(H,22,25). The van der Waals surface area contributed by atoms with Gasteiger partial charge in [-0.25, -0.2) is 4.98 Å². The zero-order chi connectivity index (χ0) is 17.6. The van der Waals surface area contributed by atoms with Crippen LogP contribution in [0.1, 0.15) is 26.4 Å². The van der Waals surface area contributed by atoms with Crippen LogP contribution in [0.25, 0.3) is 5.69 Å². The van der Waals surface area contributed by atoms with Crippen LogP contribution in [0.3, 0.4) is 0 Å². The van der Waals surface area contributed by atoms with Crippen LogP contribution in [0.5, 0.6) is 0 Å². The minimum absolute atomic E-state index is 0.137. The van der Waals surface area contributed by atoms with E-state index in [1.165, 1.54) is 6.20 Å². The van der Waals surface area contributed by atoms with Gasteiger partial charge in [-0.1, -0.05) is 30.3 Å². The number of para-hydroxylation sites is 1. The predicted octanol–water partition coefficient (Wildman–Crippen LogP) is 2.16. The van der Waals surface area contributed by atoms with Gasteiger partial charge in [0.05, 0.1) is 12.5 Å². The molecule has 0 saturated carbocycles. The van der Waals surface area contributed by atoms with Gasteiger partial charge in [0, 0.05) is 24.8 Å². The summed E-state index contributed by atoms with van der Waals surface area (Å²) in [5, 5.41) is 5.45. The lowest BCUT2D eigenvalue weighted by atomic mass is 10.1.